The van der Waals surface area contributed by atoms with Crippen LogP contribution in [-0.4, -0.2) is 52.2 Å². The number of hydrogen-bond donors (Lipinski definition) is 3. The highest BCUT2D eigenvalue weighted by Crippen LogP contribution is 2.64. The van der Waals surface area contributed by atoms with Crippen molar-refractivity contribution in [2.24, 2.45) is 10.9 Å². The largest absolute Gasteiger partial charge is 0.504 e. The van der Waals surface area contributed by atoms with Gasteiger partial charge in [-0.25, -0.2) is 0 Å². The van der Waals surface area contributed by atoms with E-state index >= 15 is 0 Å². The van der Waals surface area contributed by atoms with E-state index in [9.17, 15) is 10.2 Å². The van der Waals surface area contributed by atoms with Crippen molar-refractivity contribution in [2.45, 2.75) is 48.8 Å². The number of phenolic OH excluding ortho intramolecular Hbond substituents is 1. The number of aromatic hydroxyl groups is 1. The molecule has 0 amide bonds. The number of piperidine rings is 1. The molecule has 1 aromatic rings. The van der Waals surface area contributed by atoms with Crippen LogP contribution in [0.4, 0.5) is 0 Å². The summed E-state index contributed by atoms with van der Waals surface area (Å²) in [5.74, 6) is 6.29. The number of nitrogens with zero attached hydrogens (tertiary/aromatic N) is 2. The lowest BCUT2D eigenvalue weighted by Crippen LogP contribution is -2.76. The zero-order chi connectivity index (χ0) is 16.0. The van der Waals surface area contributed by atoms with E-state index in [0.717, 1.165) is 30.7 Å². The summed E-state index contributed by atoms with van der Waals surface area (Å²) in [4.78, 5) is 2.26. The molecule has 1 saturated heterocycles. The van der Waals surface area contributed by atoms with Crippen molar-refractivity contribution in [2.75, 3.05) is 13.6 Å². The summed E-state index contributed by atoms with van der Waals surface area (Å²) in [5.41, 5.74) is 1.55. The fourth-order valence-corrected chi connectivity index (χ4v) is 5.68. The van der Waals surface area contributed by atoms with Crippen LogP contribution in [0.15, 0.2) is 17.2 Å². The van der Waals surface area contributed by atoms with Gasteiger partial charge < -0.3 is 25.7 Å². The number of ether oxygens (including phenoxy) is 1. The predicted octanol–water partition coefficient (Wildman–Crippen LogP) is 0.491. The highest BCUT2D eigenvalue weighted by atomic mass is 16.5. The highest BCUT2D eigenvalue weighted by Gasteiger charge is 2.72. The fraction of sp³-hybridized carbons (Fsp3) is 0.588. The zero-order valence-electron chi connectivity index (χ0n) is 13.1. The quantitative estimate of drug-likeness (QED) is 0.479. The molecule has 23 heavy (non-hydrogen) atoms. The Labute approximate surface area is 134 Å². The van der Waals surface area contributed by atoms with Gasteiger partial charge in [0.15, 0.2) is 17.6 Å². The number of benzene rings is 1. The molecule has 4 N–H and O–H groups in total. The van der Waals surface area contributed by atoms with Gasteiger partial charge in [-0.15, -0.1) is 0 Å². The third-order valence-corrected chi connectivity index (χ3v) is 6.71. The molecule has 1 aromatic carbocycles. The molecular formula is C17H21N3O3. The second-order valence-electron chi connectivity index (χ2n) is 7.41. The van der Waals surface area contributed by atoms with Crippen LogP contribution in [0.2, 0.25) is 0 Å². The molecule has 2 aliphatic carbocycles. The summed E-state index contributed by atoms with van der Waals surface area (Å²) in [6, 6.07) is 3.73. The lowest BCUT2D eigenvalue weighted by atomic mass is 9.49. The van der Waals surface area contributed by atoms with Crippen LogP contribution in [0, 0.1) is 0 Å². The van der Waals surface area contributed by atoms with Crippen molar-refractivity contribution in [1.82, 2.24) is 4.90 Å². The van der Waals surface area contributed by atoms with Crippen molar-refractivity contribution in [3.8, 4) is 11.5 Å². The van der Waals surface area contributed by atoms with Crippen LogP contribution in [0.25, 0.3) is 0 Å². The number of nitrogens with two attached hydrogens (primary N) is 1. The fourth-order valence-electron chi connectivity index (χ4n) is 5.68. The number of aliphatic hydroxyl groups is 1. The first kappa shape index (κ1) is 13.6. The minimum Gasteiger partial charge on any atom is -0.504 e. The second-order valence-corrected chi connectivity index (χ2v) is 7.41. The maximum atomic E-state index is 11.8. The summed E-state index contributed by atoms with van der Waals surface area (Å²) in [7, 11) is 2.08. The molecule has 1 saturated carbocycles. The standard InChI is InChI=1S/C17H21N3O3/c1-20-7-6-16-13-9-2-3-11(21)14(13)23-15(16)10(19-18)4-5-17(16,22)12(20)8-9/h2-3,12,15,21-22H,4-8,18H2,1H3/b19-10+. The SMILES string of the molecule is CN1CCC23c4c5ccc(O)c4OC2/C(=N/N)CCC3(O)C1C5. The van der Waals surface area contributed by atoms with Gasteiger partial charge in [0.1, 0.15) is 0 Å². The molecular weight excluding hydrogens is 294 g/mol. The lowest BCUT2D eigenvalue weighted by molar-refractivity contribution is -0.160. The summed E-state index contributed by atoms with van der Waals surface area (Å²) >= 11 is 0. The zero-order valence-corrected chi connectivity index (χ0v) is 13.1. The number of phenols is 1. The Morgan fingerprint density at radius 1 is 1.39 bits per heavy atom. The summed E-state index contributed by atoms with van der Waals surface area (Å²) < 4.78 is 6.17. The molecule has 1 spiro atoms. The van der Waals surface area contributed by atoms with E-state index in [1.54, 1.807) is 6.07 Å². The summed E-state index contributed by atoms with van der Waals surface area (Å²) in [6.07, 6.45) is 2.46. The second kappa shape index (κ2) is 3.99. The molecule has 0 radical (unpaired) electrons. The monoisotopic (exact) mass is 315 g/mol. The molecule has 6 nitrogen and oxygen atoms in total. The molecule has 5 rings (SSSR count). The van der Waals surface area contributed by atoms with E-state index in [-0.39, 0.29) is 17.9 Å². The molecule has 2 heterocycles. The Balaban J connectivity index is 1.86. The van der Waals surface area contributed by atoms with Gasteiger partial charge in [0.25, 0.3) is 0 Å². The van der Waals surface area contributed by atoms with Gasteiger partial charge >= 0.3 is 0 Å². The van der Waals surface area contributed by atoms with Crippen molar-refractivity contribution in [3.05, 3.63) is 23.3 Å². The third kappa shape index (κ3) is 1.29. The van der Waals surface area contributed by atoms with Gasteiger partial charge in [-0.3, -0.25) is 0 Å². The topological polar surface area (TPSA) is 91.3 Å². The number of rotatable bonds is 0. The number of likely N-dealkylation sites (N-methyl/N-ethyl adjacent to an activating group) is 1. The summed E-state index contributed by atoms with van der Waals surface area (Å²) in [6.45, 7) is 0.888. The molecule has 2 aliphatic heterocycles. The van der Waals surface area contributed by atoms with Gasteiger partial charge in [-0.1, -0.05) is 6.07 Å². The van der Waals surface area contributed by atoms with Gasteiger partial charge in [0.2, 0.25) is 0 Å². The first-order valence-corrected chi connectivity index (χ1v) is 8.24. The number of hydrazone groups is 1. The summed E-state index contributed by atoms with van der Waals surface area (Å²) in [5, 5.41) is 26.1. The van der Waals surface area contributed by atoms with Crippen LogP contribution in [-0.2, 0) is 11.8 Å². The minimum absolute atomic E-state index is 0.0599. The van der Waals surface area contributed by atoms with Crippen LogP contribution >= 0.6 is 0 Å². The smallest absolute Gasteiger partial charge is 0.166 e. The van der Waals surface area contributed by atoms with Gasteiger partial charge in [-0.05, 0) is 50.9 Å². The Hall–Kier alpha value is -1.79. The van der Waals surface area contributed by atoms with E-state index in [2.05, 4.69) is 17.0 Å². The predicted molar refractivity (Wildman–Crippen MR) is 84.7 cm³/mol. The van der Waals surface area contributed by atoms with Crippen molar-refractivity contribution in [3.63, 3.8) is 0 Å². The molecule has 122 valence electrons. The van der Waals surface area contributed by atoms with E-state index in [4.69, 9.17) is 10.6 Å². The Morgan fingerprint density at radius 2 is 2.22 bits per heavy atom. The molecule has 2 bridgehead atoms. The van der Waals surface area contributed by atoms with Crippen LogP contribution in [0.5, 0.6) is 11.5 Å². The van der Waals surface area contributed by atoms with Crippen LogP contribution < -0.4 is 10.6 Å². The minimum atomic E-state index is -0.870. The lowest BCUT2D eigenvalue weighted by Gasteiger charge is -2.62. The Morgan fingerprint density at radius 3 is 3.00 bits per heavy atom. The molecule has 4 atom stereocenters. The van der Waals surface area contributed by atoms with Gasteiger partial charge in [0, 0.05) is 11.6 Å². The van der Waals surface area contributed by atoms with E-state index in [1.807, 2.05) is 6.07 Å². The molecule has 6 heteroatoms. The van der Waals surface area contributed by atoms with Crippen molar-refractivity contribution >= 4 is 5.71 Å². The first-order valence-electron chi connectivity index (χ1n) is 8.24. The first-order chi connectivity index (χ1) is 11.0. The van der Waals surface area contributed by atoms with Gasteiger partial charge in [-0.2, -0.15) is 5.10 Å². The molecule has 2 fully saturated rings. The van der Waals surface area contributed by atoms with E-state index < -0.39 is 11.0 Å². The number of hydrogen-bond acceptors (Lipinski definition) is 6. The highest BCUT2D eigenvalue weighted by molar-refractivity contribution is 5.94. The Kier molecular flexibility index (Phi) is 2.37. The molecule has 4 aliphatic rings. The van der Waals surface area contributed by atoms with Crippen LogP contribution in [0.1, 0.15) is 30.4 Å². The average molecular weight is 315 g/mol. The maximum absolute atomic E-state index is 11.8. The van der Waals surface area contributed by atoms with Crippen molar-refractivity contribution < 1.29 is 14.9 Å². The van der Waals surface area contributed by atoms with Gasteiger partial charge in [0.05, 0.1) is 16.7 Å². The van der Waals surface area contributed by atoms with E-state index in [0.29, 0.717) is 18.6 Å². The number of likely N-dealkylation sites (tertiary alicyclic amines) is 1. The molecule has 4 unspecified atom stereocenters. The van der Waals surface area contributed by atoms with Crippen molar-refractivity contribution in [1.29, 1.82) is 0 Å². The normalized spacial score (nSPS) is 42.4. The Bertz CT molecular complexity index is 749. The van der Waals surface area contributed by atoms with E-state index in [1.165, 1.54) is 5.56 Å². The van der Waals surface area contributed by atoms with Crippen LogP contribution in [0.3, 0.4) is 0 Å². The third-order valence-electron chi connectivity index (χ3n) is 6.71. The molecule has 0 aromatic heterocycles. The maximum Gasteiger partial charge on any atom is 0.166 e. The average Bonchev–Trinajstić information content (AvgIpc) is 2.89.